The topological polar surface area (TPSA) is 21.3 Å². The molecular weight excluding hydrogens is 260 g/mol. The van der Waals surface area contributed by atoms with Crippen molar-refractivity contribution in [1.29, 1.82) is 0 Å². The Bertz CT molecular complexity index is 483. The van der Waals surface area contributed by atoms with Gasteiger partial charge in [-0.3, -0.25) is 0 Å². The first kappa shape index (κ1) is 14.0. The number of nitrogens with one attached hydrogen (secondary N) is 1. The van der Waals surface area contributed by atoms with Crippen LogP contribution < -0.4 is 5.32 Å². The lowest BCUT2D eigenvalue weighted by molar-refractivity contribution is -0.141. The molecule has 1 spiro atoms. The molecule has 2 nitrogen and oxygen atoms in total. The molecule has 1 aromatic carbocycles. The van der Waals surface area contributed by atoms with Crippen LogP contribution in [0, 0.1) is 17.6 Å². The molecule has 0 radical (unpaired) electrons. The van der Waals surface area contributed by atoms with Gasteiger partial charge in [0.05, 0.1) is 11.7 Å². The zero-order valence-electron chi connectivity index (χ0n) is 11.8. The van der Waals surface area contributed by atoms with E-state index in [0.29, 0.717) is 12.1 Å². The van der Waals surface area contributed by atoms with Gasteiger partial charge in [0.25, 0.3) is 0 Å². The molecule has 1 aliphatic carbocycles. The highest BCUT2D eigenvalue weighted by Gasteiger charge is 2.40. The quantitative estimate of drug-likeness (QED) is 0.849. The molecule has 2 aliphatic rings. The lowest BCUT2D eigenvalue weighted by atomic mass is 9.78. The number of ether oxygens (including phenoxy) is 1. The number of hydrogen-bond donors (Lipinski definition) is 1. The molecule has 1 N–H and O–H groups in total. The van der Waals surface area contributed by atoms with Crippen LogP contribution in [0.15, 0.2) is 18.2 Å². The maximum atomic E-state index is 13.9. The van der Waals surface area contributed by atoms with Gasteiger partial charge in [-0.25, -0.2) is 8.78 Å². The number of rotatable bonds is 1. The molecule has 1 saturated heterocycles. The van der Waals surface area contributed by atoms with Crippen molar-refractivity contribution < 1.29 is 13.5 Å². The predicted octanol–water partition coefficient (Wildman–Crippen LogP) is 3.57. The molecule has 1 atom stereocenters. The van der Waals surface area contributed by atoms with Gasteiger partial charge < -0.3 is 10.1 Å². The van der Waals surface area contributed by atoms with Crippen molar-refractivity contribution in [2.24, 2.45) is 5.92 Å². The molecule has 2 fully saturated rings. The molecule has 0 aromatic heterocycles. The highest BCUT2D eigenvalue weighted by Crippen LogP contribution is 2.40. The van der Waals surface area contributed by atoms with Crippen molar-refractivity contribution in [2.45, 2.75) is 44.3 Å². The Labute approximate surface area is 118 Å². The van der Waals surface area contributed by atoms with E-state index in [2.05, 4.69) is 12.2 Å². The summed E-state index contributed by atoms with van der Waals surface area (Å²) in [6, 6.07) is 4.31. The fourth-order valence-corrected chi connectivity index (χ4v) is 3.34. The third-order valence-electron chi connectivity index (χ3n) is 4.68. The summed E-state index contributed by atoms with van der Waals surface area (Å²) in [6.07, 6.45) is 3.87. The Balaban J connectivity index is 1.80. The second kappa shape index (κ2) is 5.41. The van der Waals surface area contributed by atoms with Crippen LogP contribution in [0.4, 0.5) is 8.78 Å². The lowest BCUT2D eigenvalue weighted by Crippen LogP contribution is -2.52. The molecule has 0 bridgehead atoms. The summed E-state index contributed by atoms with van der Waals surface area (Å²) < 4.78 is 33.5. The Morgan fingerprint density at radius 2 is 2.00 bits per heavy atom. The minimum Gasteiger partial charge on any atom is -0.364 e. The van der Waals surface area contributed by atoms with E-state index in [1.165, 1.54) is 0 Å². The predicted molar refractivity (Wildman–Crippen MR) is 73.4 cm³/mol. The van der Waals surface area contributed by atoms with Crippen LogP contribution in [0.5, 0.6) is 0 Å². The third-order valence-corrected chi connectivity index (χ3v) is 4.68. The maximum absolute atomic E-state index is 13.9. The van der Waals surface area contributed by atoms with Crippen LogP contribution in [0.2, 0.25) is 0 Å². The van der Waals surface area contributed by atoms with Crippen LogP contribution in [0.1, 0.15) is 44.3 Å². The van der Waals surface area contributed by atoms with Gasteiger partial charge in [-0.1, -0.05) is 19.1 Å². The summed E-state index contributed by atoms with van der Waals surface area (Å²) in [5, 5.41) is 3.34. The SMILES string of the molecule is CC1CCC2(CC1)CNCC(c1cccc(F)c1F)O2. The van der Waals surface area contributed by atoms with Crippen LogP contribution in [0.3, 0.4) is 0 Å². The first-order valence-electron chi connectivity index (χ1n) is 7.42. The summed E-state index contributed by atoms with van der Waals surface area (Å²) in [5.41, 5.74) is 0.129. The average molecular weight is 281 g/mol. The fraction of sp³-hybridized carbons (Fsp3) is 0.625. The smallest absolute Gasteiger partial charge is 0.164 e. The molecule has 20 heavy (non-hydrogen) atoms. The number of hydrogen-bond acceptors (Lipinski definition) is 2. The standard InChI is InChI=1S/C16H21F2NO/c1-11-5-7-16(8-6-11)10-19-9-14(20-16)12-3-2-4-13(17)15(12)18/h2-4,11,14,19H,5-10H2,1H3. The monoisotopic (exact) mass is 281 g/mol. The summed E-state index contributed by atoms with van der Waals surface area (Å²) in [5.74, 6) is -0.848. The molecule has 1 aliphatic heterocycles. The van der Waals surface area contributed by atoms with E-state index in [9.17, 15) is 8.78 Å². The van der Waals surface area contributed by atoms with Crippen LogP contribution in [-0.4, -0.2) is 18.7 Å². The lowest BCUT2D eigenvalue weighted by Gasteiger charge is -2.45. The Morgan fingerprint density at radius 1 is 1.25 bits per heavy atom. The molecule has 1 heterocycles. The second-order valence-electron chi connectivity index (χ2n) is 6.25. The summed E-state index contributed by atoms with van der Waals surface area (Å²) >= 11 is 0. The van der Waals surface area contributed by atoms with E-state index in [0.717, 1.165) is 44.2 Å². The van der Waals surface area contributed by atoms with Crippen LogP contribution in [0.25, 0.3) is 0 Å². The Morgan fingerprint density at radius 3 is 2.75 bits per heavy atom. The Kier molecular flexibility index (Phi) is 3.78. The minimum atomic E-state index is -0.803. The van der Waals surface area contributed by atoms with E-state index >= 15 is 0 Å². The largest absolute Gasteiger partial charge is 0.364 e. The molecule has 0 amide bonds. The summed E-state index contributed by atoms with van der Waals surface area (Å²) in [6.45, 7) is 3.61. The second-order valence-corrected chi connectivity index (χ2v) is 6.25. The van der Waals surface area contributed by atoms with Gasteiger partial charge in [0, 0.05) is 18.7 Å². The van der Waals surface area contributed by atoms with Crippen LogP contribution >= 0.6 is 0 Å². The van der Waals surface area contributed by atoms with Gasteiger partial charge in [-0.15, -0.1) is 0 Å². The molecule has 3 rings (SSSR count). The van der Waals surface area contributed by atoms with Crippen molar-refractivity contribution in [1.82, 2.24) is 5.32 Å². The van der Waals surface area contributed by atoms with E-state index in [-0.39, 0.29) is 5.60 Å². The summed E-state index contributed by atoms with van der Waals surface area (Å²) in [7, 11) is 0. The molecule has 4 heteroatoms. The highest BCUT2D eigenvalue weighted by atomic mass is 19.2. The summed E-state index contributed by atoms with van der Waals surface area (Å²) in [4.78, 5) is 0. The average Bonchev–Trinajstić information content (AvgIpc) is 2.46. The van der Waals surface area contributed by atoms with Gasteiger partial charge in [0.1, 0.15) is 0 Å². The van der Waals surface area contributed by atoms with Crippen molar-refractivity contribution in [2.75, 3.05) is 13.1 Å². The zero-order valence-corrected chi connectivity index (χ0v) is 11.8. The molecule has 1 aromatic rings. The number of benzene rings is 1. The third kappa shape index (κ3) is 2.59. The zero-order chi connectivity index (χ0) is 14.2. The van der Waals surface area contributed by atoms with E-state index < -0.39 is 17.7 Å². The van der Waals surface area contributed by atoms with Gasteiger partial charge in [0.2, 0.25) is 0 Å². The normalized spacial score (nSPS) is 34.4. The van der Waals surface area contributed by atoms with E-state index in [1.54, 1.807) is 12.1 Å². The van der Waals surface area contributed by atoms with E-state index in [4.69, 9.17) is 4.74 Å². The van der Waals surface area contributed by atoms with Gasteiger partial charge in [-0.2, -0.15) is 0 Å². The minimum absolute atomic E-state index is 0.200. The van der Waals surface area contributed by atoms with Crippen molar-refractivity contribution in [3.63, 3.8) is 0 Å². The fourth-order valence-electron chi connectivity index (χ4n) is 3.34. The molecule has 1 saturated carbocycles. The van der Waals surface area contributed by atoms with E-state index in [1.807, 2.05) is 0 Å². The Hall–Kier alpha value is -1.00. The van der Waals surface area contributed by atoms with Gasteiger partial charge in [0.15, 0.2) is 11.6 Å². The first-order chi connectivity index (χ1) is 9.60. The number of halogens is 2. The van der Waals surface area contributed by atoms with Crippen molar-refractivity contribution >= 4 is 0 Å². The van der Waals surface area contributed by atoms with Crippen LogP contribution in [-0.2, 0) is 4.74 Å². The first-order valence-corrected chi connectivity index (χ1v) is 7.42. The maximum Gasteiger partial charge on any atom is 0.164 e. The number of morpholine rings is 1. The van der Waals surface area contributed by atoms with Crippen molar-refractivity contribution in [3.8, 4) is 0 Å². The molecule has 1 unspecified atom stereocenters. The molecular formula is C16H21F2NO. The van der Waals surface area contributed by atoms with Gasteiger partial charge in [-0.05, 0) is 37.7 Å². The van der Waals surface area contributed by atoms with Gasteiger partial charge >= 0.3 is 0 Å². The van der Waals surface area contributed by atoms with Crippen molar-refractivity contribution in [3.05, 3.63) is 35.4 Å². The molecule has 110 valence electrons. The highest BCUT2D eigenvalue weighted by molar-refractivity contribution is 5.22.